The predicted molar refractivity (Wildman–Crippen MR) is 107 cm³/mol. The second-order valence-corrected chi connectivity index (χ2v) is 7.55. The van der Waals surface area contributed by atoms with Gasteiger partial charge in [0.25, 0.3) is 5.91 Å². The Kier molecular flexibility index (Phi) is 8.66. The average Bonchev–Trinajstić information content (AvgIpc) is 3.07. The van der Waals surface area contributed by atoms with Crippen molar-refractivity contribution in [1.29, 1.82) is 0 Å². The molecular weight excluding hydrogens is 421 g/mol. The van der Waals surface area contributed by atoms with E-state index < -0.39 is 12.7 Å². The van der Waals surface area contributed by atoms with Crippen LogP contribution in [0.4, 0.5) is 18.9 Å². The maximum atomic E-state index is 12.3. The van der Waals surface area contributed by atoms with Crippen LogP contribution in [-0.4, -0.2) is 70.1 Å². The highest BCUT2D eigenvalue weighted by Gasteiger charge is 2.28. The summed E-state index contributed by atoms with van der Waals surface area (Å²) >= 11 is 1.23. The first-order valence-corrected chi connectivity index (χ1v) is 10.0. The Morgan fingerprint density at radius 3 is 2.73 bits per heavy atom. The van der Waals surface area contributed by atoms with Crippen molar-refractivity contribution in [1.82, 2.24) is 25.0 Å². The lowest BCUT2D eigenvalue weighted by Crippen LogP contribution is -2.33. The molecule has 2 aromatic rings. The van der Waals surface area contributed by atoms with Gasteiger partial charge >= 0.3 is 6.18 Å². The normalized spacial score (nSPS) is 11.5. The Morgan fingerprint density at radius 2 is 2.07 bits per heavy atom. The van der Waals surface area contributed by atoms with Gasteiger partial charge in [0.05, 0.1) is 12.3 Å². The molecule has 0 radical (unpaired) electrons. The summed E-state index contributed by atoms with van der Waals surface area (Å²) in [5.74, 6) is -0.486. The summed E-state index contributed by atoms with van der Waals surface area (Å²) in [6, 6.07) is 6.43. The summed E-state index contributed by atoms with van der Waals surface area (Å²) in [5.41, 5.74) is 0.813. The van der Waals surface area contributed by atoms with Crippen LogP contribution in [0, 0.1) is 0 Å². The molecule has 1 heterocycles. The molecule has 30 heavy (non-hydrogen) atoms. The van der Waals surface area contributed by atoms with Gasteiger partial charge in [-0.05, 0) is 38.2 Å². The van der Waals surface area contributed by atoms with Crippen LogP contribution in [-0.2, 0) is 11.8 Å². The number of aromatic nitrogens is 3. The van der Waals surface area contributed by atoms with Crippen molar-refractivity contribution in [2.24, 2.45) is 7.05 Å². The molecule has 0 bridgehead atoms. The Labute approximate surface area is 176 Å². The fourth-order valence-corrected chi connectivity index (χ4v) is 3.19. The molecule has 1 aromatic carbocycles. The van der Waals surface area contributed by atoms with Crippen molar-refractivity contribution in [3.63, 3.8) is 0 Å². The Morgan fingerprint density at radius 1 is 1.30 bits per heavy atom. The first-order valence-electron chi connectivity index (χ1n) is 9.04. The van der Waals surface area contributed by atoms with Gasteiger partial charge in [0.1, 0.15) is 6.33 Å². The zero-order chi connectivity index (χ0) is 22.1. The summed E-state index contributed by atoms with van der Waals surface area (Å²) in [7, 11) is 3.15. The summed E-state index contributed by atoms with van der Waals surface area (Å²) in [6.45, 7) is -0.539. The average molecular weight is 444 g/mol. The zero-order valence-electron chi connectivity index (χ0n) is 16.6. The summed E-state index contributed by atoms with van der Waals surface area (Å²) in [4.78, 5) is 25.5. The number of benzene rings is 1. The molecule has 0 saturated heterocycles. The molecule has 0 atom stereocenters. The molecule has 0 unspecified atom stereocenters. The minimum atomic E-state index is -4.24. The number of carbonyl (C=O) groups is 2. The smallest absolute Gasteiger partial charge is 0.352 e. The zero-order valence-corrected chi connectivity index (χ0v) is 17.4. The van der Waals surface area contributed by atoms with Gasteiger partial charge in [-0.1, -0.05) is 17.8 Å². The molecule has 164 valence electrons. The third kappa shape index (κ3) is 8.41. The van der Waals surface area contributed by atoms with Gasteiger partial charge in [-0.3, -0.25) is 14.5 Å². The first kappa shape index (κ1) is 23.7. The van der Waals surface area contributed by atoms with E-state index >= 15 is 0 Å². The number of alkyl halides is 3. The number of amides is 2. The number of thioether (sulfide) groups is 1. The lowest BCUT2D eigenvalue weighted by atomic mass is 10.2. The molecule has 12 heteroatoms. The van der Waals surface area contributed by atoms with Crippen molar-refractivity contribution in [3.05, 3.63) is 36.2 Å². The van der Waals surface area contributed by atoms with Crippen molar-refractivity contribution in [2.75, 3.05) is 37.8 Å². The number of hydrogen-bond donors (Lipinski definition) is 2. The van der Waals surface area contributed by atoms with Crippen LogP contribution in [0.1, 0.15) is 16.8 Å². The second kappa shape index (κ2) is 11.0. The van der Waals surface area contributed by atoms with E-state index in [1.165, 1.54) is 31.2 Å². The van der Waals surface area contributed by atoms with Crippen LogP contribution in [0.5, 0.6) is 0 Å². The van der Waals surface area contributed by atoms with Crippen LogP contribution in [0.25, 0.3) is 0 Å². The summed E-state index contributed by atoms with van der Waals surface area (Å²) < 4.78 is 38.5. The quantitative estimate of drug-likeness (QED) is 0.431. The fraction of sp³-hybridized carbons (Fsp3) is 0.444. The number of aryl methyl sites for hydroxylation is 1. The number of halogens is 3. The minimum Gasteiger partial charge on any atom is -0.352 e. The Hall–Kier alpha value is -2.60. The van der Waals surface area contributed by atoms with Gasteiger partial charge in [-0.15, -0.1) is 10.2 Å². The van der Waals surface area contributed by atoms with Gasteiger partial charge in [0.15, 0.2) is 5.16 Å². The molecule has 0 fully saturated rings. The van der Waals surface area contributed by atoms with E-state index in [1.807, 2.05) is 0 Å². The van der Waals surface area contributed by atoms with Crippen LogP contribution < -0.4 is 10.6 Å². The highest BCUT2D eigenvalue weighted by atomic mass is 32.2. The van der Waals surface area contributed by atoms with E-state index in [0.29, 0.717) is 22.8 Å². The monoisotopic (exact) mass is 444 g/mol. The van der Waals surface area contributed by atoms with Gasteiger partial charge in [0.2, 0.25) is 5.91 Å². The largest absolute Gasteiger partial charge is 0.401 e. The molecule has 2 rings (SSSR count). The van der Waals surface area contributed by atoms with Gasteiger partial charge < -0.3 is 15.2 Å². The number of hydrogen-bond acceptors (Lipinski definition) is 6. The van der Waals surface area contributed by atoms with Crippen LogP contribution >= 0.6 is 11.8 Å². The van der Waals surface area contributed by atoms with E-state index in [2.05, 4.69) is 20.8 Å². The van der Waals surface area contributed by atoms with Gasteiger partial charge in [-0.2, -0.15) is 13.2 Å². The molecule has 0 saturated carbocycles. The molecule has 2 N–H and O–H groups in total. The third-order valence-electron chi connectivity index (χ3n) is 3.86. The standard InChI is InChI=1S/C18H23F3N6O2S/c1-26(11-18(19,20)21)8-4-7-22-16(29)13-5-3-6-14(9-13)24-15(28)10-30-17-25-23-12-27(17)2/h3,5-6,9,12H,4,7-8,10-11H2,1-2H3,(H,22,29)(H,24,28). The van der Waals surface area contributed by atoms with E-state index in [-0.39, 0.29) is 30.7 Å². The predicted octanol–water partition coefficient (Wildman–Crippen LogP) is 2.16. The topological polar surface area (TPSA) is 92.2 Å². The van der Waals surface area contributed by atoms with Crippen molar-refractivity contribution < 1.29 is 22.8 Å². The maximum absolute atomic E-state index is 12.3. The van der Waals surface area contributed by atoms with Crippen molar-refractivity contribution >= 4 is 29.3 Å². The number of rotatable bonds is 10. The molecule has 0 aliphatic carbocycles. The molecule has 2 amide bonds. The Balaban J connectivity index is 1.76. The molecular formula is C18H23F3N6O2S. The van der Waals surface area contributed by atoms with E-state index in [0.717, 1.165) is 4.90 Å². The molecule has 0 spiro atoms. The molecule has 0 aliphatic rings. The first-order chi connectivity index (χ1) is 14.1. The van der Waals surface area contributed by atoms with Crippen molar-refractivity contribution in [3.8, 4) is 0 Å². The highest BCUT2D eigenvalue weighted by Crippen LogP contribution is 2.16. The lowest BCUT2D eigenvalue weighted by molar-refractivity contribution is -0.143. The van der Waals surface area contributed by atoms with Crippen LogP contribution in [0.3, 0.4) is 0 Å². The Bertz CT molecular complexity index is 858. The third-order valence-corrected chi connectivity index (χ3v) is 4.90. The van der Waals surface area contributed by atoms with E-state index in [1.54, 1.807) is 29.8 Å². The molecule has 8 nitrogen and oxygen atoms in total. The SMILES string of the molecule is CN(CCCNC(=O)c1cccc(NC(=O)CSc2nncn2C)c1)CC(F)(F)F. The van der Waals surface area contributed by atoms with E-state index in [4.69, 9.17) is 0 Å². The molecule has 1 aromatic heterocycles. The second-order valence-electron chi connectivity index (χ2n) is 6.60. The highest BCUT2D eigenvalue weighted by molar-refractivity contribution is 7.99. The number of carbonyl (C=O) groups excluding carboxylic acids is 2. The number of nitrogens with one attached hydrogen (secondary N) is 2. The van der Waals surface area contributed by atoms with Gasteiger partial charge in [0, 0.05) is 24.8 Å². The maximum Gasteiger partial charge on any atom is 0.401 e. The number of anilines is 1. The van der Waals surface area contributed by atoms with Crippen LogP contribution in [0.15, 0.2) is 35.7 Å². The fourth-order valence-electron chi connectivity index (χ4n) is 2.51. The minimum absolute atomic E-state index is 0.133. The van der Waals surface area contributed by atoms with Crippen LogP contribution in [0.2, 0.25) is 0 Å². The number of nitrogens with zero attached hydrogens (tertiary/aromatic N) is 4. The van der Waals surface area contributed by atoms with Crippen molar-refractivity contribution in [2.45, 2.75) is 17.8 Å². The summed E-state index contributed by atoms with van der Waals surface area (Å²) in [5, 5.41) is 13.6. The molecule has 0 aliphatic heterocycles. The summed E-state index contributed by atoms with van der Waals surface area (Å²) in [6.07, 6.45) is -2.32. The lowest BCUT2D eigenvalue weighted by Gasteiger charge is -2.18. The van der Waals surface area contributed by atoms with E-state index in [9.17, 15) is 22.8 Å². The van der Waals surface area contributed by atoms with Gasteiger partial charge in [-0.25, -0.2) is 0 Å².